The molecular formula is C17H16F3N3OS2. The Morgan fingerprint density at radius 3 is 2.38 bits per heavy atom. The molecule has 0 aliphatic heterocycles. The molecule has 0 saturated carbocycles. The quantitative estimate of drug-likeness (QED) is 0.620. The lowest BCUT2D eigenvalue weighted by atomic mass is 10.1. The maximum absolute atomic E-state index is 12.8. The zero-order chi connectivity index (χ0) is 19.1. The first-order valence-corrected chi connectivity index (χ1v) is 9.49. The first-order valence-electron chi connectivity index (χ1n) is 7.79. The van der Waals surface area contributed by atoms with Crippen LogP contribution in [0.15, 0.2) is 39.3 Å². The van der Waals surface area contributed by atoms with E-state index in [4.69, 9.17) is 0 Å². The molecule has 3 aromatic rings. The molecule has 2 aromatic heterocycles. The summed E-state index contributed by atoms with van der Waals surface area (Å²) in [6.45, 7) is 5.85. The van der Waals surface area contributed by atoms with E-state index in [0.29, 0.717) is 22.1 Å². The molecule has 0 bridgehead atoms. The van der Waals surface area contributed by atoms with Crippen molar-refractivity contribution in [3.63, 3.8) is 0 Å². The Kier molecular flexibility index (Phi) is 5.03. The van der Waals surface area contributed by atoms with Crippen LogP contribution < -0.4 is 5.56 Å². The van der Waals surface area contributed by atoms with Gasteiger partial charge in [0, 0.05) is 22.6 Å². The summed E-state index contributed by atoms with van der Waals surface area (Å²) in [5.74, 6) is 0. The zero-order valence-electron chi connectivity index (χ0n) is 14.2. The number of halogens is 3. The van der Waals surface area contributed by atoms with Gasteiger partial charge < -0.3 is 0 Å². The van der Waals surface area contributed by atoms with Crippen molar-refractivity contribution in [1.29, 1.82) is 0 Å². The minimum Gasteiger partial charge on any atom is -0.268 e. The van der Waals surface area contributed by atoms with Crippen molar-refractivity contribution in [2.75, 3.05) is 0 Å². The highest BCUT2D eigenvalue weighted by Crippen LogP contribution is 2.40. The minimum atomic E-state index is -4.37. The fourth-order valence-corrected chi connectivity index (χ4v) is 4.91. The Labute approximate surface area is 156 Å². The molecule has 0 unspecified atom stereocenters. The van der Waals surface area contributed by atoms with Crippen LogP contribution in [0.4, 0.5) is 13.2 Å². The van der Waals surface area contributed by atoms with Crippen LogP contribution in [0.3, 0.4) is 0 Å². The van der Waals surface area contributed by atoms with Gasteiger partial charge in [-0.2, -0.15) is 13.2 Å². The number of rotatable bonds is 4. The number of hydrogen-bond acceptors (Lipinski definition) is 4. The van der Waals surface area contributed by atoms with Crippen LogP contribution in [0.2, 0.25) is 0 Å². The van der Waals surface area contributed by atoms with Gasteiger partial charge in [-0.1, -0.05) is 37.3 Å². The second kappa shape index (κ2) is 6.96. The molecule has 0 atom stereocenters. The third-order valence-corrected chi connectivity index (χ3v) is 5.77. The van der Waals surface area contributed by atoms with Crippen molar-refractivity contribution >= 4 is 23.1 Å². The number of H-pyrrole nitrogens is 1. The SMILES string of the molecule is Cc1cc(=O)[nH]n1-c1nc(-c2ccc(C(F)(F)F)cc2)c(SC(C)C)s1. The Balaban J connectivity index is 2.07. The number of aryl methyl sites for hydroxylation is 1. The molecule has 2 heterocycles. The average Bonchev–Trinajstić information content (AvgIpc) is 3.09. The fourth-order valence-electron chi connectivity index (χ4n) is 2.37. The Bertz CT molecular complexity index is 969. The summed E-state index contributed by atoms with van der Waals surface area (Å²) in [6.07, 6.45) is -4.37. The molecule has 0 radical (unpaired) electrons. The summed E-state index contributed by atoms with van der Waals surface area (Å²) >= 11 is 2.98. The van der Waals surface area contributed by atoms with Gasteiger partial charge in [-0.3, -0.25) is 9.89 Å². The van der Waals surface area contributed by atoms with Gasteiger partial charge in [-0.25, -0.2) is 9.67 Å². The van der Waals surface area contributed by atoms with E-state index in [9.17, 15) is 18.0 Å². The summed E-state index contributed by atoms with van der Waals surface area (Å²) in [5, 5.41) is 3.54. The summed E-state index contributed by atoms with van der Waals surface area (Å²) < 4.78 is 40.9. The largest absolute Gasteiger partial charge is 0.416 e. The minimum absolute atomic E-state index is 0.230. The Morgan fingerprint density at radius 1 is 1.23 bits per heavy atom. The maximum Gasteiger partial charge on any atom is 0.416 e. The lowest BCUT2D eigenvalue weighted by molar-refractivity contribution is -0.137. The van der Waals surface area contributed by atoms with Crippen molar-refractivity contribution < 1.29 is 13.2 Å². The van der Waals surface area contributed by atoms with Crippen LogP contribution in [-0.2, 0) is 6.18 Å². The number of nitrogens with one attached hydrogen (secondary N) is 1. The number of thiazole rings is 1. The number of nitrogens with zero attached hydrogens (tertiary/aromatic N) is 2. The topological polar surface area (TPSA) is 50.7 Å². The highest BCUT2D eigenvalue weighted by atomic mass is 32.2. The van der Waals surface area contributed by atoms with E-state index in [1.807, 2.05) is 13.8 Å². The maximum atomic E-state index is 12.8. The molecule has 26 heavy (non-hydrogen) atoms. The summed E-state index contributed by atoms with van der Waals surface area (Å²) in [6, 6.07) is 6.44. The van der Waals surface area contributed by atoms with Gasteiger partial charge in [-0.15, -0.1) is 11.8 Å². The van der Waals surface area contributed by atoms with Crippen molar-refractivity contribution in [3.8, 4) is 16.4 Å². The van der Waals surface area contributed by atoms with E-state index >= 15 is 0 Å². The zero-order valence-corrected chi connectivity index (χ0v) is 15.9. The Hall–Kier alpha value is -2.00. The molecule has 0 saturated heterocycles. The van der Waals surface area contributed by atoms with E-state index in [1.54, 1.807) is 23.4 Å². The van der Waals surface area contributed by atoms with Crippen molar-refractivity contribution in [2.24, 2.45) is 0 Å². The van der Waals surface area contributed by atoms with Crippen LogP contribution in [0.1, 0.15) is 25.1 Å². The van der Waals surface area contributed by atoms with Gasteiger partial charge in [-0.05, 0) is 19.1 Å². The van der Waals surface area contributed by atoms with E-state index in [2.05, 4.69) is 10.1 Å². The second-order valence-corrected chi connectivity index (χ2v) is 8.79. The van der Waals surface area contributed by atoms with Crippen LogP contribution >= 0.6 is 23.1 Å². The number of aromatic nitrogens is 3. The first kappa shape index (κ1) is 18.8. The highest BCUT2D eigenvalue weighted by Gasteiger charge is 2.30. The van der Waals surface area contributed by atoms with Crippen LogP contribution in [0.5, 0.6) is 0 Å². The summed E-state index contributed by atoms with van der Waals surface area (Å²) in [7, 11) is 0. The van der Waals surface area contributed by atoms with Crippen molar-refractivity contribution in [3.05, 3.63) is 51.9 Å². The monoisotopic (exact) mass is 399 g/mol. The van der Waals surface area contributed by atoms with Gasteiger partial charge in [0.15, 0.2) is 0 Å². The lowest BCUT2D eigenvalue weighted by Crippen LogP contribution is -2.04. The van der Waals surface area contributed by atoms with Crippen LogP contribution in [-0.4, -0.2) is 20.0 Å². The molecule has 0 aliphatic rings. The summed E-state index contributed by atoms with van der Waals surface area (Å²) in [5.41, 5.74) is 1.01. The number of hydrogen-bond donors (Lipinski definition) is 1. The molecule has 0 spiro atoms. The number of thioether (sulfide) groups is 1. The average molecular weight is 399 g/mol. The molecular weight excluding hydrogens is 383 g/mol. The number of alkyl halides is 3. The third kappa shape index (κ3) is 3.88. The van der Waals surface area contributed by atoms with Gasteiger partial charge >= 0.3 is 6.18 Å². The van der Waals surface area contributed by atoms with E-state index in [0.717, 1.165) is 16.3 Å². The van der Waals surface area contributed by atoms with Gasteiger partial charge in [0.05, 0.1) is 15.5 Å². The lowest BCUT2D eigenvalue weighted by Gasteiger charge is -2.08. The molecule has 1 N–H and O–H groups in total. The van der Waals surface area contributed by atoms with Crippen molar-refractivity contribution in [1.82, 2.24) is 14.8 Å². The highest BCUT2D eigenvalue weighted by molar-refractivity contribution is 8.01. The van der Waals surface area contributed by atoms with Gasteiger partial charge in [0.25, 0.3) is 5.56 Å². The third-order valence-electron chi connectivity index (χ3n) is 3.52. The molecule has 3 rings (SSSR count). The summed E-state index contributed by atoms with van der Waals surface area (Å²) in [4.78, 5) is 16.1. The first-order chi connectivity index (χ1) is 12.1. The second-order valence-electron chi connectivity index (χ2n) is 5.97. The molecule has 9 heteroatoms. The number of aromatic amines is 1. The van der Waals surface area contributed by atoms with Crippen LogP contribution in [0.25, 0.3) is 16.4 Å². The van der Waals surface area contributed by atoms with E-state index in [1.165, 1.54) is 29.5 Å². The molecule has 138 valence electrons. The van der Waals surface area contributed by atoms with E-state index < -0.39 is 11.7 Å². The molecule has 0 fully saturated rings. The number of benzene rings is 1. The molecule has 1 aromatic carbocycles. The predicted molar refractivity (Wildman–Crippen MR) is 98.2 cm³/mol. The predicted octanol–water partition coefficient (Wildman–Crippen LogP) is 5.12. The standard InChI is InChI=1S/C17H16F3N3OS2/c1-9(2)25-15-14(11-4-6-12(7-5-11)17(18,19)20)21-16(26-15)23-10(3)8-13(24)22-23/h4-9H,1-3H3,(H,22,24). The normalized spacial score (nSPS) is 12.1. The Morgan fingerprint density at radius 2 is 1.88 bits per heavy atom. The van der Waals surface area contributed by atoms with E-state index in [-0.39, 0.29) is 10.8 Å². The van der Waals surface area contributed by atoms with Crippen LogP contribution in [0, 0.1) is 6.92 Å². The fraction of sp³-hybridized carbons (Fsp3) is 0.294. The van der Waals surface area contributed by atoms with Crippen molar-refractivity contribution in [2.45, 2.75) is 36.4 Å². The van der Waals surface area contributed by atoms with Gasteiger partial charge in [0.1, 0.15) is 0 Å². The smallest absolute Gasteiger partial charge is 0.268 e. The molecule has 4 nitrogen and oxygen atoms in total. The van der Waals surface area contributed by atoms with Gasteiger partial charge in [0.2, 0.25) is 5.13 Å². The molecule has 0 aliphatic carbocycles. The molecule has 0 amide bonds.